The highest BCUT2D eigenvalue weighted by Gasteiger charge is 2.53. The number of benzene rings is 1. The fourth-order valence-electron chi connectivity index (χ4n) is 4.57. The molecule has 1 aromatic rings. The zero-order valence-corrected chi connectivity index (χ0v) is 17.3. The first-order valence-corrected chi connectivity index (χ1v) is 11.4. The van der Waals surface area contributed by atoms with Crippen LogP contribution in [0, 0.1) is 11.3 Å². The molecule has 0 bridgehead atoms. The summed E-state index contributed by atoms with van der Waals surface area (Å²) in [6.45, 7) is 5.62. The topological polar surface area (TPSA) is 69.7 Å². The van der Waals surface area contributed by atoms with E-state index < -0.39 is 15.4 Å². The van der Waals surface area contributed by atoms with E-state index in [2.05, 4.69) is 10.2 Å². The lowest BCUT2D eigenvalue weighted by molar-refractivity contribution is -0.127. The number of para-hydroxylation sites is 1. The maximum absolute atomic E-state index is 13.3. The van der Waals surface area contributed by atoms with Crippen molar-refractivity contribution >= 4 is 21.6 Å². The number of carbonyl (C=O) groups excluding carboxylic acids is 1. The fraction of sp³-hybridized carbons (Fsp3) is 0.650. The highest BCUT2D eigenvalue weighted by molar-refractivity contribution is 7.89. The van der Waals surface area contributed by atoms with Crippen LogP contribution < -0.4 is 5.32 Å². The molecule has 2 saturated heterocycles. The molecule has 7 heteroatoms. The van der Waals surface area contributed by atoms with Crippen molar-refractivity contribution in [3.63, 3.8) is 0 Å². The summed E-state index contributed by atoms with van der Waals surface area (Å²) < 4.78 is 27.1. The average molecular weight is 394 g/mol. The summed E-state index contributed by atoms with van der Waals surface area (Å²) in [6.07, 6.45) is 2.03. The molecular weight excluding hydrogens is 362 g/mol. The Morgan fingerprint density at radius 1 is 1.19 bits per heavy atom. The van der Waals surface area contributed by atoms with Crippen LogP contribution in [-0.2, 0) is 14.8 Å². The SMILES string of the molecule is CC(C)CS(=O)(=O)N1CC[C@H]2N(C)CC[C@@]2(C(=O)Nc2ccccc2)CC1. The van der Waals surface area contributed by atoms with Gasteiger partial charge in [-0.05, 0) is 50.9 Å². The predicted molar refractivity (Wildman–Crippen MR) is 108 cm³/mol. The first kappa shape index (κ1) is 20.3. The Bertz CT molecular complexity index is 766. The van der Waals surface area contributed by atoms with Gasteiger partial charge in [-0.15, -0.1) is 0 Å². The molecule has 2 heterocycles. The lowest BCUT2D eigenvalue weighted by atomic mass is 9.75. The number of carbonyl (C=O) groups is 1. The van der Waals surface area contributed by atoms with Crippen LogP contribution in [-0.4, -0.2) is 62.0 Å². The van der Waals surface area contributed by atoms with Crippen molar-refractivity contribution in [1.82, 2.24) is 9.21 Å². The summed E-state index contributed by atoms with van der Waals surface area (Å²) in [4.78, 5) is 15.5. The summed E-state index contributed by atoms with van der Waals surface area (Å²) in [5, 5.41) is 3.07. The molecule has 0 aromatic heterocycles. The van der Waals surface area contributed by atoms with Crippen molar-refractivity contribution in [3.05, 3.63) is 30.3 Å². The summed E-state index contributed by atoms with van der Waals surface area (Å²) >= 11 is 0. The van der Waals surface area contributed by atoms with Crippen LogP contribution in [0.4, 0.5) is 5.69 Å². The third-order valence-electron chi connectivity index (χ3n) is 5.96. The van der Waals surface area contributed by atoms with E-state index >= 15 is 0 Å². The van der Waals surface area contributed by atoms with Crippen LogP contribution >= 0.6 is 0 Å². The number of hydrogen-bond donors (Lipinski definition) is 1. The Balaban J connectivity index is 1.82. The molecule has 150 valence electrons. The number of nitrogens with zero attached hydrogens (tertiary/aromatic N) is 2. The lowest BCUT2D eigenvalue weighted by Crippen LogP contribution is -2.46. The van der Waals surface area contributed by atoms with E-state index in [4.69, 9.17) is 0 Å². The molecule has 0 radical (unpaired) electrons. The first-order valence-electron chi connectivity index (χ1n) is 9.79. The number of sulfonamides is 1. The van der Waals surface area contributed by atoms with Gasteiger partial charge in [0.1, 0.15) is 0 Å². The van der Waals surface area contributed by atoms with Crippen molar-refractivity contribution in [2.24, 2.45) is 11.3 Å². The lowest BCUT2D eigenvalue weighted by Gasteiger charge is -2.34. The molecular formula is C20H31N3O3S. The molecule has 2 aliphatic heterocycles. The molecule has 0 aliphatic carbocycles. The third-order valence-corrected chi connectivity index (χ3v) is 8.20. The van der Waals surface area contributed by atoms with Gasteiger partial charge >= 0.3 is 0 Å². The van der Waals surface area contributed by atoms with Crippen LogP contribution in [0.5, 0.6) is 0 Å². The van der Waals surface area contributed by atoms with Gasteiger partial charge in [0.15, 0.2) is 0 Å². The summed E-state index contributed by atoms with van der Waals surface area (Å²) in [7, 11) is -1.24. The van der Waals surface area contributed by atoms with Gasteiger partial charge in [0.2, 0.25) is 15.9 Å². The number of likely N-dealkylation sites (tertiary alicyclic amines) is 1. The Hall–Kier alpha value is -1.44. The van der Waals surface area contributed by atoms with Crippen LogP contribution in [0.15, 0.2) is 30.3 Å². The quantitative estimate of drug-likeness (QED) is 0.834. The number of fused-ring (bicyclic) bond motifs is 1. The van der Waals surface area contributed by atoms with E-state index in [0.717, 1.165) is 18.7 Å². The number of hydrogen-bond acceptors (Lipinski definition) is 4. The minimum Gasteiger partial charge on any atom is -0.326 e. The first-order chi connectivity index (χ1) is 12.7. The second-order valence-electron chi connectivity index (χ2n) is 8.33. The molecule has 27 heavy (non-hydrogen) atoms. The number of anilines is 1. The molecule has 1 N–H and O–H groups in total. The van der Waals surface area contributed by atoms with Gasteiger partial charge < -0.3 is 10.2 Å². The van der Waals surface area contributed by atoms with Gasteiger partial charge in [0.05, 0.1) is 11.2 Å². The van der Waals surface area contributed by atoms with Gasteiger partial charge in [0, 0.05) is 24.8 Å². The molecule has 2 fully saturated rings. The monoisotopic (exact) mass is 393 g/mol. The van der Waals surface area contributed by atoms with E-state index in [1.54, 1.807) is 4.31 Å². The van der Waals surface area contributed by atoms with Gasteiger partial charge in [-0.3, -0.25) is 4.79 Å². The summed E-state index contributed by atoms with van der Waals surface area (Å²) in [5.74, 6) is 0.276. The Labute approximate surface area is 163 Å². The smallest absolute Gasteiger partial charge is 0.232 e. The highest BCUT2D eigenvalue weighted by Crippen LogP contribution is 2.44. The molecule has 0 saturated carbocycles. The van der Waals surface area contributed by atoms with Gasteiger partial charge in [0.25, 0.3) is 0 Å². The molecule has 1 amide bonds. The second-order valence-corrected chi connectivity index (χ2v) is 10.3. The fourth-order valence-corrected chi connectivity index (χ4v) is 6.38. The zero-order valence-electron chi connectivity index (χ0n) is 16.5. The maximum Gasteiger partial charge on any atom is 0.232 e. The van der Waals surface area contributed by atoms with Crippen LogP contribution in [0.3, 0.4) is 0 Å². The standard InChI is InChI=1S/C20H31N3O3S/c1-16(2)15-27(25,26)23-12-9-18-20(11-14-23,10-13-22(18)3)19(24)21-17-7-5-4-6-8-17/h4-8,16,18H,9-15H2,1-3H3,(H,21,24)/t18-,20-/m1/s1. The average Bonchev–Trinajstić information content (AvgIpc) is 2.79. The maximum atomic E-state index is 13.3. The Morgan fingerprint density at radius 3 is 2.52 bits per heavy atom. The molecule has 6 nitrogen and oxygen atoms in total. The highest BCUT2D eigenvalue weighted by atomic mass is 32.2. The molecule has 0 unspecified atom stereocenters. The van der Waals surface area contributed by atoms with Gasteiger partial charge in [-0.2, -0.15) is 0 Å². The van der Waals surface area contributed by atoms with Gasteiger partial charge in [-0.1, -0.05) is 32.0 Å². The number of amides is 1. The minimum atomic E-state index is -3.28. The van der Waals surface area contributed by atoms with E-state index in [1.807, 2.05) is 51.2 Å². The van der Waals surface area contributed by atoms with E-state index in [-0.39, 0.29) is 23.6 Å². The van der Waals surface area contributed by atoms with Crippen molar-refractivity contribution in [2.75, 3.05) is 37.8 Å². The molecule has 2 atom stereocenters. The number of rotatable bonds is 5. The van der Waals surface area contributed by atoms with E-state index in [1.165, 1.54) is 0 Å². The van der Waals surface area contributed by atoms with Crippen molar-refractivity contribution in [1.29, 1.82) is 0 Å². The summed E-state index contributed by atoms with van der Waals surface area (Å²) in [5.41, 5.74) is 0.255. The molecule has 3 rings (SSSR count). The van der Waals surface area contributed by atoms with Crippen molar-refractivity contribution in [2.45, 2.75) is 39.2 Å². The molecule has 0 spiro atoms. The van der Waals surface area contributed by atoms with Crippen LogP contribution in [0.2, 0.25) is 0 Å². The summed E-state index contributed by atoms with van der Waals surface area (Å²) in [6, 6.07) is 9.57. The molecule has 1 aromatic carbocycles. The van der Waals surface area contributed by atoms with Crippen molar-refractivity contribution < 1.29 is 13.2 Å². The van der Waals surface area contributed by atoms with Gasteiger partial charge in [-0.25, -0.2) is 12.7 Å². The number of nitrogens with one attached hydrogen (secondary N) is 1. The van der Waals surface area contributed by atoms with Crippen molar-refractivity contribution in [3.8, 4) is 0 Å². The normalized spacial score (nSPS) is 27.3. The van der Waals surface area contributed by atoms with E-state index in [0.29, 0.717) is 25.9 Å². The third kappa shape index (κ3) is 4.20. The largest absolute Gasteiger partial charge is 0.326 e. The predicted octanol–water partition coefficient (Wildman–Crippen LogP) is 2.40. The van der Waals surface area contributed by atoms with Crippen LogP contribution in [0.25, 0.3) is 0 Å². The molecule has 2 aliphatic rings. The van der Waals surface area contributed by atoms with E-state index in [9.17, 15) is 13.2 Å². The minimum absolute atomic E-state index is 0.0196. The van der Waals surface area contributed by atoms with Crippen LogP contribution in [0.1, 0.15) is 33.1 Å². The Morgan fingerprint density at radius 2 is 1.85 bits per heavy atom. The second kappa shape index (κ2) is 7.89. The Kier molecular flexibility index (Phi) is 5.93. The zero-order chi connectivity index (χ0) is 19.7.